The third-order valence-electron chi connectivity index (χ3n) is 1.53. The molecule has 0 radical (unpaired) electrons. The van der Waals surface area contributed by atoms with E-state index in [0.717, 1.165) is 4.47 Å². The number of rotatable bonds is 1. The number of nitrogens with one attached hydrogen (secondary N) is 1. The molecule has 0 saturated carbocycles. The molecule has 1 aromatic rings. The second-order valence-corrected chi connectivity index (χ2v) is 3.79. The van der Waals surface area contributed by atoms with Gasteiger partial charge in [-0.05, 0) is 22.0 Å². The first-order valence-electron chi connectivity index (χ1n) is 3.60. The molecule has 0 aliphatic heterocycles. The summed E-state index contributed by atoms with van der Waals surface area (Å²) in [5, 5.41) is 11.3. The number of hydrogen-bond acceptors (Lipinski definition) is 3. The molecule has 0 aromatic carbocycles. The van der Waals surface area contributed by atoms with Crippen molar-refractivity contribution in [2.45, 2.75) is 0 Å². The molecule has 0 unspecified atom stereocenters. The van der Waals surface area contributed by atoms with Gasteiger partial charge in [0.15, 0.2) is 5.69 Å². The van der Waals surface area contributed by atoms with Crippen LogP contribution in [0.5, 0.6) is 0 Å². The van der Waals surface area contributed by atoms with Crippen LogP contribution in [-0.4, -0.2) is 22.6 Å². The van der Waals surface area contributed by atoms with Gasteiger partial charge in [0.25, 0.3) is 0 Å². The summed E-state index contributed by atoms with van der Waals surface area (Å²) < 4.78 is 1.94. The van der Waals surface area contributed by atoms with Gasteiger partial charge in [-0.3, -0.25) is 0 Å². The van der Waals surface area contributed by atoms with E-state index in [9.17, 15) is 0 Å². The van der Waals surface area contributed by atoms with Crippen molar-refractivity contribution in [3.63, 3.8) is 0 Å². The van der Waals surface area contributed by atoms with Crippen molar-refractivity contribution in [3.05, 3.63) is 27.5 Å². The predicted octanol–water partition coefficient (Wildman–Crippen LogP) is 1.79. The van der Waals surface area contributed by atoms with E-state index in [2.05, 4.69) is 26.1 Å². The van der Waals surface area contributed by atoms with Crippen LogP contribution in [0.1, 0.15) is 5.69 Å². The third-order valence-corrected chi connectivity index (χ3v) is 2.25. The average Bonchev–Trinajstić information content (AvgIpc) is 2.15. The van der Waals surface area contributed by atoms with E-state index < -0.39 is 0 Å². The zero-order chi connectivity index (χ0) is 10.7. The minimum atomic E-state index is 0.0463. The lowest BCUT2D eigenvalue weighted by Gasteiger charge is -2.01. The minimum absolute atomic E-state index is 0.0463. The molecule has 14 heavy (non-hydrogen) atoms. The van der Waals surface area contributed by atoms with Gasteiger partial charge in [-0.15, -0.1) is 4.70 Å². The second-order valence-electron chi connectivity index (χ2n) is 2.47. The highest BCUT2D eigenvalue weighted by Crippen LogP contribution is 2.19. The molecule has 0 amide bonds. The van der Waals surface area contributed by atoms with Gasteiger partial charge in [0.2, 0.25) is 0 Å². The van der Waals surface area contributed by atoms with Crippen molar-refractivity contribution in [1.29, 1.82) is 5.41 Å². The zero-order valence-corrected chi connectivity index (χ0v) is 9.67. The minimum Gasteiger partial charge on any atom is -0.247 e. The van der Waals surface area contributed by atoms with Crippen molar-refractivity contribution in [2.75, 3.05) is 7.05 Å². The average molecular weight is 278 g/mol. The molecule has 0 aliphatic rings. The number of pyridine rings is 1. The maximum absolute atomic E-state index is 7.64. The summed E-state index contributed by atoms with van der Waals surface area (Å²) in [6.45, 7) is 0. The Morgan fingerprint density at radius 3 is 2.93 bits per heavy atom. The highest BCUT2D eigenvalue weighted by molar-refractivity contribution is 9.10. The molecule has 0 saturated heterocycles. The van der Waals surface area contributed by atoms with E-state index in [1.807, 2.05) is 0 Å². The number of amidine groups is 1. The molecule has 1 heterocycles. The van der Waals surface area contributed by atoms with Crippen LogP contribution < -0.4 is 5.84 Å². The Bertz CT molecular complexity index is 403. The molecule has 1 aromatic heterocycles. The van der Waals surface area contributed by atoms with Gasteiger partial charge in [0.1, 0.15) is 0 Å². The van der Waals surface area contributed by atoms with Crippen LogP contribution in [0.25, 0.3) is 0 Å². The fourth-order valence-electron chi connectivity index (χ4n) is 0.800. The summed E-state index contributed by atoms with van der Waals surface area (Å²) >= 11 is 9.10. The van der Waals surface area contributed by atoms with Gasteiger partial charge < -0.3 is 0 Å². The molecular weight excluding hydrogens is 269 g/mol. The van der Waals surface area contributed by atoms with Crippen molar-refractivity contribution in [2.24, 2.45) is 11.1 Å². The van der Waals surface area contributed by atoms with E-state index in [4.69, 9.17) is 22.9 Å². The monoisotopic (exact) mass is 276 g/mol. The highest BCUT2D eigenvalue weighted by atomic mass is 79.9. The SMILES string of the molecule is C[N+](=NN)C(=N)c1ncc(Br)cc1Cl. The largest absolute Gasteiger partial charge is 0.300 e. The van der Waals surface area contributed by atoms with Crippen LogP contribution in [0, 0.1) is 5.41 Å². The van der Waals surface area contributed by atoms with Crippen LogP contribution in [0.4, 0.5) is 0 Å². The summed E-state index contributed by atoms with van der Waals surface area (Å²) in [6, 6.07) is 1.66. The van der Waals surface area contributed by atoms with E-state index in [1.54, 1.807) is 19.3 Å². The lowest BCUT2D eigenvalue weighted by molar-refractivity contribution is -0.452. The van der Waals surface area contributed by atoms with Gasteiger partial charge in [-0.25, -0.2) is 10.8 Å². The zero-order valence-electron chi connectivity index (χ0n) is 7.33. The van der Waals surface area contributed by atoms with Crippen molar-refractivity contribution < 1.29 is 4.70 Å². The van der Waals surface area contributed by atoms with Crippen LogP contribution in [-0.2, 0) is 0 Å². The van der Waals surface area contributed by atoms with Gasteiger partial charge in [-0.1, -0.05) is 11.6 Å². The standard InChI is InChI=1S/C7H7BrClN5/c1-14(13-11)7(10)6-5(9)2-4(8)3-12-6/h2-3,10-11H,1H3/p+1. The molecule has 5 nitrogen and oxygen atoms in total. The highest BCUT2D eigenvalue weighted by Gasteiger charge is 2.15. The van der Waals surface area contributed by atoms with Crippen LogP contribution in [0.15, 0.2) is 22.0 Å². The molecule has 0 fully saturated rings. The molecule has 0 spiro atoms. The van der Waals surface area contributed by atoms with Crippen LogP contribution >= 0.6 is 27.5 Å². The number of aromatic nitrogens is 1. The Morgan fingerprint density at radius 1 is 1.79 bits per heavy atom. The lowest BCUT2D eigenvalue weighted by Crippen LogP contribution is -2.18. The van der Waals surface area contributed by atoms with Gasteiger partial charge in [0, 0.05) is 15.9 Å². The number of hydrogen-bond donors (Lipinski definition) is 2. The van der Waals surface area contributed by atoms with E-state index in [0.29, 0.717) is 10.7 Å². The van der Waals surface area contributed by atoms with Gasteiger partial charge >= 0.3 is 5.84 Å². The number of nitrogens with two attached hydrogens (primary N) is 1. The van der Waals surface area contributed by atoms with Gasteiger partial charge in [0.05, 0.1) is 12.1 Å². The molecule has 74 valence electrons. The first-order valence-corrected chi connectivity index (χ1v) is 4.78. The van der Waals surface area contributed by atoms with E-state index >= 15 is 0 Å². The maximum atomic E-state index is 7.64. The first kappa shape index (κ1) is 11.1. The normalized spacial score (nSPS) is 11.5. The summed E-state index contributed by atoms with van der Waals surface area (Å²) in [6.07, 6.45) is 1.56. The molecule has 1 rings (SSSR count). The summed E-state index contributed by atoms with van der Waals surface area (Å²) in [5.41, 5.74) is 0.339. The fourth-order valence-corrected chi connectivity index (χ4v) is 1.52. The molecular formula is C7H8BrClN5+. The molecule has 0 atom stereocenters. The summed E-state index contributed by atoms with van der Waals surface area (Å²) in [4.78, 5) is 3.99. The fraction of sp³-hybridized carbons (Fsp3) is 0.143. The summed E-state index contributed by atoms with van der Waals surface area (Å²) in [5.74, 6) is 5.07. The molecule has 0 aliphatic carbocycles. The Labute approximate surface area is 94.2 Å². The van der Waals surface area contributed by atoms with Crippen LogP contribution in [0.3, 0.4) is 0 Å². The molecule has 0 bridgehead atoms. The first-order chi connectivity index (χ1) is 6.56. The van der Waals surface area contributed by atoms with Crippen molar-refractivity contribution in [3.8, 4) is 0 Å². The van der Waals surface area contributed by atoms with Crippen molar-refractivity contribution in [1.82, 2.24) is 4.98 Å². The van der Waals surface area contributed by atoms with Crippen molar-refractivity contribution >= 4 is 33.4 Å². The maximum Gasteiger partial charge on any atom is 0.300 e. The number of nitrogens with zero attached hydrogens (tertiary/aromatic N) is 3. The Hall–Kier alpha value is -1.01. The van der Waals surface area contributed by atoms with Crippen LogP contribution in [0.2, 0.25) is 5.02 Å². The smallest absolute Gasteiger partial charge is 0.247 e. The Kier molecular flexibility index (Phi) is 3.54. The van der Waals surface area contributed by atoms with E-state index in [1.165, 1.54) is 4.70 Å². The summed E-state index contributed by atoms with van der Waals surface area (Å²) in [7, 11) is 1.54. The third kappa shape index (κ3) is 2.27. The number of halogens is 2. The van der Waals surface area contributed by atoms with E-state index in [-0.39, 0.29) is 5.84 Å². The Morgan fingerprint density at radius 2 is 2.43 bits per heavy atom. The predicted molar refractivity (Wildman–Crippen MR) is 56.6 cm³/mol. The lowest BCUT2D eigenvalue weighted by atomic mass is 10.3. The second kappa shape index (κ2) is 4.47. The quantitative estimate of drug-likeness (QED) is 0.205. The van der Waals surface area contributed by atoms with Gasteiger partial charge in [-0.2, -0.15) is 5.41 Å². The Balaban J connectivity index is 3.14. The topological polar surface area (TPSA) is 78.1 Å². The molecule has 7 heteroatoms. The molecule has 3 N–H and O–H groups in total.